The Labute approximate surface area is 140 Å². The molecule has 0 spiro atoms. The van der Waals surface area contributed by atoms with Crippen LogP contribution in [-0.2, 0) is 6.42 Å². The van der Waals surface area contributed by atoms with E-state index < -0.39 is 24.1 Å². The fourth-order valence-electron chi connectivity index (χ4n) is 3.34. The molecule has 1 aromatic carbocycles. The summed E-state index contributed by atoms with van der Waals surface area (Å²) in [4.78, 5) is 0. The molecule has 0 amide bonds. The molecule has 0 radical (unpaired) electrons. The Balaban J connectivity index is 1.86. The summed E-state index contributed by atoms with van der Waals surface area (Å²) in [5.41, 5.74) is 0.362. The molecule has 1 saturated carbocycles. The van der Waals surface area contributed by atoms with Crippen molar-refractivity contribution in [2.75, 3.05) is 13.3 Å². The minimum absolute atomic E-state index is 0.0547. The van der Waals surface area contributed by atoms with Gasteiger partial charge in [0.15, 0.2) is 11.6 Å². The van der Waals surface area contributed by atoms with E-state index in [4.69, 9.17) is 4.74 Å². The molecular weight excluding hydrogens is 320 g/mol. The highest BCUT2D eigenvalue weighted by Crippen LogP contribution is 2.33. The summed E-state index contributed by atoms with van der Waals surface area (Å²) in [6.45, 7) is 0.967. The Kier molecular flexibility index (Phi) is 7.13. The van der Waals surface area contributed by atoms with Crippen molar-refractivity contribution in [1.82, 2.24) is 0 Å². The molecule has 134 valence electrons. The summed E-state index contributed by atoms with van der Waals surface area (Å²) in [6.07, 6.45) is 6.07. The lowest BCUT2D eigenvalue weighted by molar-refractivity contribution is 0.290. The van der Waals surface area contributed by atoms with E-state index >= 15 is 0 Å². The van der Waals surface area contributed by atoms with Crippen LogP contribution in [0.4, 0.5) is 17.6 Å². The van der Waals surface area contributed by atoms with Gasteiger partial charge in [0, 0.05) is 0 Å². The zero-order valence-corrected chi connectivity index (χ0v) is 14.0. The summed E-state index contributed by atoms with van der Waals surface area (Å²) in [5, 5.41) is 0. The standard InChI is InChI=1S/C19H24F4O/c1-2-24-17-10-9-15(18(22)19(17)23)8-7-13-3-5-14(6-4-13)11-16(21)12-20/h9-11,13-14H,2-8,12H2,1H3/b16-11-. The van der Waals surface area contributed by atoms with E-state index in [0.717, 1.165) is 32.1 Å². The smallest absolute Gasteiger partial charge is 0.200 e. The maximum Gasteiger partial charge on any atom is 0.200 e. The Morgan fingerprint density at radius 3 is 2.50 bits per heavy atom. The minimum Gasteiger partial charge on any atom is -0.491 e. The van der Waals surface area contributed by atoms with Crippen molar-refractivity contribution >= 4 is 0 Å². The highest BCUT2D eigenvalue weighted by atomic mass is 19.2. The van der Waals surface area contributed by atoms with Gasteiger partial charge in [0.05, 0.1) is 6.61 Å². The molecule has 24 heavy (non-hydrogen) atoms. The highest BCUT2D eigenvalue weighted by Gasteiger charge is 2.21. The van der Waals surface area contributed by atoms with Crippen molar-refractivity contribution in [1.29, 1.82) is 0 Å². The average Bonchev–Trinajstić information content (AvgIpc) is 2.59. The van der Waals surface area contributed by atoms with E-state index in [0.29, 0.717) is 17.9 Å². The van der Waals surface area contributed by atoms with Crippen LogP contribution < -0.4 is 4.74 Å². The van der Waals surface area contributed by atoms with Gasteiger partial charge in [-0.05, 0) is 75.0 Å². The second-order valence-electron chi connectivity index (χ2n) is 6.35. The first-order valence-corrected chi connectivity index (χ1v) is 8.57. The third kappa shape index (κ3) is 4.99. The Morgan fingerprint density at radius 2 is 1.88 bits per heavy atom. The van der Waals surface area contributed by atoms with Crippen LogP contribution in [0.5, 0.6) is 5.75 Å². The van der Waals surface area contributed by atoms with Crippen molar-refractivity contribution in [3.05, 3.63) is 41.2 Å². The number of allylic oxidation sites excluding steroid dienone is 2. The predicted molar refractivity (Wildman–Crippen MR) is 86.5 cm³/mol. The summed E-state index contributed by atoms with van der Waals surface area (Å²) in [5.74, 6) is -1.99. The second-order valence-corrected chi connectivity index (χ2v) is 6.35. The fraction of sp³-hybridized carbons (Fsp3) is 0.579. The molecule has 0 heterocycles. The Hall–Kier alpha value is -1.52. The lowest BCUT2D eigenvalue weighted by atomic mass is 9.79. The largest absolute Gasteiger partial charge is 0.491 e. The minimum atomic E-state index is -1.04. The van der Waals surface area contributed by atoms with Crippen molar-refractivity contribution in [3.8, 4) is 5.75 Å². The summed E-state index contributed by atoms with van der Waals surface area (Å²) in [7, 11) is 0. The molecule has 0 atom stereocenters. The maximum absolute atomic E-state index is 14.0. The van der Waals surface area contributed by atoms with E-state index in [1.165, 1.54) is 12.1 Å². The molecule has 1 aromatic rings. The van der Waals surface area contributed by atoms with Crippen LogP contribution in [0.2, 0.25) is 0 Å². The average molecular weight is 344 g/mol. The molecular formula is C19H24F4O. The van der Waals surface area contributed by atoms with Crippen LogP contribution in [-0.4, -0.2) is 13.3 Å². The monoisotopic (exact) mass is 344 g/mol. The number of halogens is 4. The molecule has 2 rings (SSSR count). The number of ether oxygens (including phenoxy) is 1. The molecule has 0 unspecified atom stereocenters. The highest BCUT2D eigenvalue weighted by molar-refractivity contribution is 5.31. The predicted octanol–water partition coefficient (Wildman–Crippen LogP) is 5.93. The molecule has 1 nitrogen and oxygen atoms in total. The SMILES string of the molecule is CCOc1ccc(CCC2CCC(/C=C(\F)CF)CC2)c(F)c1F. The van der Waals surface area contributed by atoms with E-state index in [1.54, 1.807) is 13.0 Å². The van der Waals surface area contributed by atoms with Crippen molar-refractivity contribution in [3.63, 3.8) is 0 Å². The normalized spacial score (nSPS) is 21.8. The van der Waals surface area contributed by atoms with E-state index in [1.807, 2.05) is 0 Å². The molecule has 0 bridgehead atoms. The summed E-state index contributed by atoms with van der Waals surface area (Å²) >= 11 is 0. The van der Waals surface area contributed by atoms with Gasteiger partial charge in [-0.1, -0.05) is 6.07 Å². The van der Waals surface area contributed by atoms with Gasteiger partial charge in [-0.3, -0.25) is 0 Å². The van der Waals surface area contributed by atoms with Crippen molar-refractivity contribution in [2.45, 2.75) is 45.4 Å². The molecule has 5 heteroatoms. The van der Waals surface area contributed by atoms with Crippen LogP contribution in [0.3, 0.4) is 0 Å². The van der Waals surface area contributed by atoms with Gasteiger partial charge in [0.2, 0.25) is 5.82 Å². The Bertz CT molecular complexity index is 563. The second kappa shape index (κ2) is 9.09. The topological polar surface area (TPSA) is 9.23 Å². The van der Waals surface area contributed by atoms with Crippen LogP contribution in [0.25, 0.3) is 0 Å². The summed E-state index contributed by atoms with van der Waals surface area (Å²) < 4.78 is 58.0. The van der Waals surface area contributed by atoms with Gasteiger partial charge < -0.3 is 4.74 Å². The van der Waals surface area contributed by atoms with Crippen LogP contribution in [0, 0.1) is 23.5 Å². The number of rotatable bonds is 7. The van der Waals surface area contributed by atoms with Gasteiger partial charge in [-0.25, -0.2) is 13.2 Å². The van der Waals surface area contributed by atoms with Gasteiger partial charge in [-0.15, -0.1) is 0 Å². The van der Waals surface area contributed by atoms with Crippen LogP contribution in [0.15, 0.2) is 24.0 Å². The van der Waals surface area contributed by atoms with Crippen LogP contribution in [0.1, 0.15) is 44.6 Å². The molecule has 0 aliphatic heterocycles. The number of hydrogen-bond donors (Lipinski definition) is 0. The van der Waals surface area contributed by atoms with Gasteiger partial charge in [-0.2, -0.15) is 4.39 Å². The first-order valence-electron chi connectivity index (χ1n) is 8.57. The van der Waals surface area contributed by atoms with Gasteiger partial charge in [0.25, 0.3) is 0 Å². The van der Waals surface area contributed by atoms with Crippen molar-refractivity contribution in [2.24, 2.45) is 11.8 Å². The van der Waals surface area contributed by atoms with Gasteiger partial charge in [0.1, 0.15) is 12.5 Å². The number of benzene rings is 1. The zero-order chi connectivity index (χ0) is 17.5. The molecule has 1 fully saturated rings. The number of aryl methyl sites for hydroxylation is 1. The quantitative estimate of drug-likeness (QED) is 0.557. The number of hydrogen-bond acceptors (Lipinski definition) is 1. The first kappa shape index (κ1) is 18.8. The molecule has 1 aliphatic rings. The van der Waals surface area contributed by atoms with E-state index in [2.05, 4.69) is 0 Å². The lowest BCUT2D eigenvalue weighted by Crippen LogP contribution is -2.14. The zero-order valence-electron chi connectivity index (χ0n) is 14.0. The maximum atomic E-state index is 14.0. The third-order valence-corrected chi connectivity index (χ3v) is 4.68. The lowest BCUT2D eigenvalue weighted by Gasteiger charge is -2.26. The van der Waals surface area contributed by atoms with Crippen molar-refractivity contribution < 1.29 is 22.3 Å². The van der Waals surface area contributed by atoms with E-state index in [-0.39, 0.29) is 18.3 Å². The molecule has 1 aliphatic carbocycles. The molecule has 0 aromatic heterocycles. The molecule has 0 saturated heterocycles. The third-order valence-electron chi connectivity index (χ3n) is 4.68. The fourth-order valence-corrected chi connectivity index (χ4v) is 3.34. The van der Waals surface area contributed by atoms with E-state index in [9.17, 15) is 17.6 Å². The van der Waals surface area contributed by atoms with Gasteiger partial charge >= 0.3 is 0 Å². The Morgan fingerprint density at radius 1 is 1.17 bits per heavy atom. The summed E-state index contributed by atoms with van der Waals surface area (Å²) in [6, 6.07) is 3.05. The number of alkyl halides is 1. The molecule has 0 N–H and O–H groups in total. The first-order chi connectivity index (χ1) is 11.5. The van der Waals surface area contributed by atoms with Crippen LogP contribution >= 0.6 is 0 Å².